The quantitative estimate of drug-likeness (QED) is 0.574. The summed E-state index contributed by atoms with van der Waals surface area (Å²) >= 11 is 5.38. The fourth-order valence-corrected chi connectivity index (χ4v) is 3.60. The van der Waals surface area contributed by atoms with Gasteiger partial charge in [0, 0.05) is 20.8 Å². The zero-order valence-corrected chi connectivity index (χ0v) is 14.5. The van der Waals surface area contributed by atoms with Crippen LogP contribution in [0.3, 0.4) is 0 Å². The lowest BCUT2D eigenvalue weighted by Crippen LogP contribution is -2.10. The minimum atomic E-state index is 0.204. The summed E-state index contributed by atoms with van der Waals surface area (Å²) in [6.07, 6.45) is 0. The standard InChI is InChI=1S/C17H20BrNS/c1-17(2,3)12-7-9-13(10-8-12)20-11-14-15(18)5-4-6-16(14)19/h4-10H,11,19H2,1-3H3. The summed E-state index contributed by atoms with van der Waals surface area (Å²) in [7, 11) is 0. The Balaban J connectivity index is 2.08. The number of benzene rings is 2. The molecule has 0 amide bonds. The number of hydrogen-bond acceptors (Lipinski definition) is 2. The van der Waals surface area contributed by atoms with Crippen LogP contribution in [0.1, 0.15) is 31.9 Å². The molecule has 0 spiro atoms. The van der Waals surface area contributed by atoms with Crippen molar-refractivity contribution < 1.29 is 0 Å². The number of hydrogen-bond donors (Lipinski definition) is 1. The molecule has 0 bridgehead atoms. The van der Waals surface area contributed by atoms with Gasteiger partial charge in [-0.3, -0.25) is 0 Å². The van der Waals surface area contributed by atoms with E-state index in [9.17, 15) is 0 Å². The number of nitrogen functional groups attached to an aromatic ring is 1. The Morgan fingerprint density at radius 1 is 1.05 bits per heavy atom. The second kappa shape index (κ2) is 6.23. The van der Waals surface area contributed by atoms with Crippen molar-refractivity contribution in [3.05, 3.63) is 58.1 Å². The van der Waals surface area contributed by atoms with Gasteiger partial charge < -0.3 is 5.73 Å². The van der Waals surface area contributed by atoms with Crippen molar-refractivity contribution in [3.63, 3.8) is 0 Å². The number of rotatable bonds is 3. The highest BCUT2D eigenvalue weighted by Gasteiger charge is 2.13. The number of anilines is 1. The van der Waals surface area contributed by atoms with Crippen LogP contribution in [-0.4, -0.2) is 0 Å². The Morgan fingerprint density at radius 2 is 1.70 bits per heavy atom. The molecule has 2 N–H and O–H groups in total. The third kappa shape index (κ3) is 3.80. The van der Waals surface area contributed by atoms with Crippen molar-refractivity contribution in [2.45, 2.75) is 36.8 Å². The van der Waals surface area contributed by atoms with Crippen molar-refractivity contribution in [3.8, 4) is 0 Å². The van der Waals surface area contributed by atoms with Crippen LogP contribution < -0.4 is 5.73 Å². The van der Waals surface area contributed by atoms with Gasteiger partial charge in [0.25, 0.3) is 0 Å². The molecule has 0 heterocycles. The Bertz CT molecular complexity index is 565. The van der Waals surface area contributed by atoms with E-state index >= 15 is 0 Å². The molecule has 2 rings (SSSR count). The van der Waals surface area contributed by atoms with E-state index in [-0.39, 0.29) is 5.41 Å². The number of thioether (sulfide) groups is 1. The Kier molecular flexibility index (Phi) is 4.82. The van der Waals surface area contributed by atoms with Gasteiger partial charge in [0.2, 0.25) is 0 Å². The van der Waals surface area contributed by atoms with Gasteiger partial charge in [0.05, 0.1) is 0 Å². The molecule has 3 heteroatoms. The second-order valence-electron chi connectivity index (χ2n) is 5.87. The van der Waals surface area contributed by atoms with Gasteiger partial charge in [0.15, 0.2) is 0 Å². The first-order chi connectivity index (χ1) is 9.38. The fourth-order valence-electron chi connectivity index (χ4n) is 1.93. The van der Waals surface area contributed by atoms with E-state index in [4.69, 9.17) is 5.73 Å². The summed E-state index contributed by atoms with van der Waals surface area (Å²) in [4.78, 5) is 1.27. The lowest BCUT2D eigenvalue weighted by Gasteiger charge is -2.19. The van der Waals surface area contributed by atoms with Crippen LogP contribution in [0, 0.1) is 0 Å². The van der Waals surface area contributed by atoms with Crippen LogP contribution in [-0.2, 0) is 11.2 Å². The van der Waals surface area contributed by atoms with E-state index in [0.29, 0.717) is 0 Å². The summed E-state index contributed by atoms with van der Waals surface area (Å²) < 4.78 is 1.08. The molecule has 0 aliphatic heterocycles. The van der Waals surface area contributed by atoms with Crippen molar-refractivity contribution in [1.29, 1.82) is 0 Å². The molecule has 2 aromatic rings. The summed E-state index contributed by atoms with van der Waals surface area (Å²) in [5.74, 6) is 0.877. The summed E-state index contributed by atoms with van der Waals surface area (Å²) in [5, 5.41) is 0. The Morgan fingerprint density at radius 3 is 2.25 bits per heavy atom. The largest absolute Gasteiger partial charge is 0.398 e. The first-order valence-electron chi connectivity index (χ1n) is 6.64. The monoisotopic (exact) mass is 349 g/mol. The van der Waals surface area contributed by atoms with E-state index < -0.39 is 0 Å². The topological polar surface area (TPSA) is 26.0 Å². The van der Waals surface area contributed by atoms with Gasteiger partial charge in [0.1, 0.15) is 0 Å². The predicted molar refractivity (Wildman–Crippen MR) is 93.3 cm³/mol. The fraction of sp³-hybridized carbons (Fsp3) is 0.294. The first kappa shape index (κ1) is 15.5. The van der Waals surface area contributed by atoms with Gasteiger partial charge in [-0.15, -0.1) is 11.8 Å². The third-order valence-corrected chi connectivity index (χ3v) is 5.04. The number of halogens is 1. The minimum absolute atomic E-state index is 0.204. The summed E-state index contributed by atoms with van der Waals surface area (Å²) in [5.41, 5.74) is 9.60. The molecule has 0 saturated carbocycles. The van der Waals surface area contributed by atoms with E-state index in [1.165, 1.54) is 10.5 Å². The molecule has 0 atom stereocenters. The van der Waals surface area contributed by atoms with E-state index in [2.05, 4.69) is 61.0 Å². The molecular weight excluding hydrogens is 330 g/mol. The normalized spacial score (nSPS) is 11.6. The van der Waals surface area contributed by atoms with E-state index in [1.807, 2.05) is 30.0 Å². The van der Waals surface area contributed by atoms with Crippen LogP contribution in [0.5, 0.6) is 0 Å². The second-order valence-corrected chi connectivity index (χ2v) is 7.77. The van der Waals surface area contributed by atoms with E-state index in [1.54, 1.807) is 0 Å². The van der Waals surface area contributed by atoms with Gasteiger partial charge >= 0.3 is 0 Å². The first-order valence-corrected chi connectivity index (χ1v) is 8.42. The van der Waals surface area contributed by atoms with Crippen LogP contribution in [0.15, 0.2) is 51.8 Å². The van der Waals surface area contributed by atoms with Crippen molar-refractivity contribution in [1.82, 2.24) is 0 Å². The summed E-state index contributed by atoms with van der Waals surface area (Å²) in [6.45, 7) is 6.70. The van der Waals surface area contributed by atoms with Crippen LogP contribution in [0.4, 0.5) is 5.69 Å². The van der Waals surface area contributed by atoms with Crippen LogP contribution in [0.2, 0.25) is 0 Å². The maximum absolute atomic E-state index is 6.02. The molecule has 0 aliphatic rings. The average molecular weight is 350 g/mol. The molecule has 0 aromatic heterocycles. The van der Waals surface area contributed by atoms with E-state index in [0.717, 1.165) is 21.5 Å². The molecule has 0 radical (unpaired) electrons. The van der Waals surface area contributed by atoms with Crippen LogP contribution in [0.25, 0.3) is 0 Å². The highest BCUT2D eigenvalue weighted by atomic mass is 79.9. The molecular formula is C17H20BrNS. The predicted octanol–water partition coefficient (Wildman–Crippen LogP) is 5.62. The SMILES string of the molecule is CC(C)(C)c1ccc(SCc2c(N)cccc2Br)cc1. The molecule has 0 fully saturated rings. The van der Waals surface area contributed by atoms with Gasteiger partial charge in [-0.2, -0.15) is 0 Å². The Labute approximate surface area is 134 Å². The highest BCUT2D eigenvalue weighted by molar-refractivity contribution is 9.10. The van der Waals surface area contributed by atoms with Crippen molar-refractivity contribution in [2.24, 2.45) is 0 Å². The summed E-state index contributed by atoms with van der Waals surface area (Å²) in [6, 6.07) is 14.8. The molecule has 106 valence electrons. The minimum Gasteiger partial charge on any atom is -0.398 e. The number of nitrogens with two attached hydrogens (primary N) is 1. The molecule has 2 aromatic carbocycles. The maximum Gasteiger partial charge on any atom is 0.0366 e. The third-order valence-electron chi connectivity index (χ3n) is 3.26. The van der Waals surface area contributed by atoms with Gasteiger partial charge in [-0.1, -0.05) is 54.9 Å². The zero-order chi connectivity index (χ0) is 14.8. The highest BCUT2D eigenvalue weighted by Crippen LogP contribution is 2.31. The molecule has 1 nitrogen and oxygen atoms in total. The molecule has 20 heavy (non-hydrogen) atoms. The lowest BCUT2D eigenvalue weighted by atomic mass is 9.87. The van der Waals surface area contributed by atoms with Crippen LogP contribution >= 0.6 is 27.7 Å². The smallest absolute Gasteiger partial charge is 0.0366 e. The van der Waals surface area contributed by atoms with Gasteiger partial charge in [-0.25, -0.2) is 0 Å². The molecule has 0 unspecified atom stereocenters. The van der Waals surface area contributed by atoms with Crippen molar-refractivity contribution >= 4 is 33.4 Å². The average Bonchev–Trinajstić information content (AvgIpc) is 2.37. The molecule has 0 aliphatic carbocycles. The van der Waals surface area contributed by atoms with Gasteiger partial charge in [-0.05, 0) is 40.8 Å². The molecule has 0 saturated heterocycles. The maximum atomic E-state index is 6.02. The van der Waals surface area contributed by atoms with Crippen molar-refractivity contribution in [2.75, 3.05) is 5.73 Å². The lowest BCUT2D eigenvalue weighted by molar-refractivity contribution is 0.590. The zero-order valence-electron chi connectivity index (χ0n) is 12.1. The Hall–Kier alpha value is -0.930.